The van der Waals surface area contributed by atoms with Crippen LogP contribution in [0.2, 0.25) is 31.2 Å². The summed E-state index contributed by atoms with van der Waals surface area (Å²) >= 11 is 0. The van der Waals surface area contributed by atoms with Crippen LogP contribution in [0.1, 0.15) is 30.9 Å². The van der Waals surface area contributed by atoms with Gasteiger partial charge in [0.05, 0.1) is 8.07 Å². The molecule has 2 atom stereocenters. The van der Waals surface area contributed by atoms with Gasteiger partial charge < -0.3 is 0 Å². The Kier molecular flexibility index (Phi) is 7.70. The second kappa shape index (κ2) is 10.7. The van der Waals surface area contributed by atoms with Gasteiger partial charge in [-0.05, 0) is 17.2 Å². The van der Waals surface area contributed by atoms with E-state index in [4.69, 9.17) is 0 Å². The zero-order valence-corrected chi connectivity index (χ0v) is 23.2. The van der Waals surface area contributed by atoms with Gasteiger partial charge in [-0.25, -0.2) is 0 Å². The van der Waals surface area contributed by atoms with Crippen LogP contribution in [0.25, 0.3) is 0 Å². The normalized spacial score (nSPS) is 15.0. The molecule has 0 aliphatic carbocycles. The Balaban J connectivity index is 1.83. The molecule has 0 N–H and O–H groups in total. The summed E-state index contributed by atoms with van der Waals surface area (Å²) in [5.74, 6) is 0.429. The van der Waals surface area contributed by atoms with Crippen LogP contribution in [0.5, 0.6) is 0 Å². The highest BCUT2D eigenvalue weighted by Gasteiger charge is 2.39. The molecule has 34 heavy (non-hydrogen) atoms. The van der Waals surface area contributed by atoms with Crippen molar-refractivity contribution in [2.75, 3.05) is 0 Å². The Bertz CT molecular complexity index is 1130. The van der Waals surface area contributed by atoms with Gasteiger partial charge >= 0.3 is 0 Å². The molecular weight excluding hydrogens is 441 g/mol. The average Bonchev–Trinajstić information content (AvgIpc) is 2.92. The first-order valence-corrected chi connectivity index (χ1v) is 18.4. The van der Waals surface area contributed by atoms with Crippen molar-refractivity contribution in [2.45, 2.75) is 51.0 Å². The lowest BCUT2D eigenvalue weighted by atomic mass is 9.93. The van der Waals surface area contributed by atoms with Crippen LogP contribution in [0.4, 0.5) is 0 Å². The number of benzene rings is 4. The molecule has 0 saturated carbocycles. The van der Waals surface area contributed by atoms with E-state index in [1.54, 1.807) is 15.6 Å². The van der Waals surface area contributed by atoms with Crippen molar-refractivity contribution in [3.05, 3.63) is 126 Å². The summed E-state index contributed by atoms with van der Waals surface area (Å²) < 4.78 is 0. The molecule has 2 heteroatoms. The largest absolute Gasteiger partial charge is 0.114 e. The molecule has 0 heterocycles. The van der Waals surface area contributed by atoms with Crippen LogP contribution >= 0.6 is 0 Å². The number of hydrogen-bond acceptors (Lipinski definition) is 0. The minimum absolute atomic E-state index is 0.429. The molecule has 0 unspecified atom stereocenters. The van der Waals surface area contributed by atoms with Crippen LogP contribution < -0.4 is 15.6 Å². The molecule has 0 nitrogen and oxygen atoms in total. The maximum Gasteiger partial charge on any atom is 0.114 e. The summed E-state index contributed by atoms with van der Waals surface area (Å²) in [6.07, 6.45) is 0. The SMILES string of the molecule is CC[Si@](C)(CC(c1ccccc1)c1ccccc1)c1ccccc1[Si@](C)(CC)c1ccccc1. The van der Waals surface area contributed by atoms with E-state index in [0.717, 1.165) is 0 Å². The molecule has 4 aromatic rings. The maximum atomic E-state index is 2.64. The predicted molar refractivity (Wildman–Crippen MR) is 156 cm³/mol. The second-order valence-corrected chi connectivity index (χ2v) is 19.4. The first kappa shape index (κ1) is 24.4. The van der Waals surface area contributed by atoms with Crippen molar-refractivity contribution < 1.29 is 0 Å². The van der Waals surface area contributed by atoms with E-state index in [-0.39, 0.29) is 0 Å². The Morgan fingerprint density at radius 3 is 1.44 bits per heavy atom. The summed E-state index contributed by atoms with van der Waals surface area (Å²) in [6.45, 7) is 10.1. The first-order valence-electron chi connectivity index (χ1n) is 12.8. The van der Waals surface area contributed by atoms with Gasteiger partial charge in [-0.3, -0.25) is 0 Å². The van der Waals surface area contributed by atoms with Gasteiger partial charge in [-0.2, -0.15) is 0 Å². The zero-order chi connectivity index (χ0) is 24.0. The van der Waals surface area contributed by atoms with Crippen molar-refractivity contribution >= 4 is 31.7 Å². The zero-order valence-electron chi connectivity index (χ0n) is 21.2. The van der Waals surface area contributed by atoms with E-state index in [1.165, 1.54) is 29.3 Å². The Hall–Kier alpha value is -2.69. The fourth-order valence-corrected chi connectivity index (χ4v) is 13.9. The lowest BCUT2D eigenvalue weighted by molar-refractivity contribution is 0.895. The van der Waals surface area contributed by atoms with Gasteiger partial charge in [0.15, 0.2) is 0 Å². The van der Waals surface area contributed by atoms with Crippen molar-refractivity contribution in [3.8, 4) is 0 Å². The summed E-state index contributed by atoms with van der Waals surface area (Å²) in [5.41, 5.74) is 2.88. The van der Waals surface area contributed by atoms with E-state index in [2.05, 4.69) is 142 Å². The number of rotatable bonds is 9. The van der Waals surface area contributed by atoms with Gasteiger partial charge in [0.25, 0.3) is 0 Å². The highest BCUT2D eigenvalue weighted by Crippen LogP contribution is 2.34. The van der Waals surface area contributed by atoms with Crippen LogP contribution in [-0.4, -0.2) is 16.1 Å². The van der Waals surface area contributed by atoms with Crippen molar-refractivity contribution in [1.29, 1.82) is 0 Å². The van der Waals surface area contributed by atoms with E-state index in [1.807, 2.05) is 0 Å². The molecule has 174 valence electrons. The van der Waals surface area contributed by atoms with Crippen LogP contribution in [0.15, 0.2) is 115 Å². The Labute approximate surface area is 208 Å². The summed E-state index contributed by atoms with van der Waals surface area (Å²) in [6, 6.07) is 46.9. The summed E-state index contributed by atoms with van der Waals surface area (Å²) in [5, 5.41) is 4.91. The van der Waals surface area contributed by atoms with Gasteiger partial charge in [0, 0.05) is 5.92 Å². The predicted octanol–water partition coefficient (Wildman–Crippen LogP) is 7.04. The van der Waals surface area contributed by atoms with Gasteiger partial charge in [0.2, 0.25) is 0 Å². The first-order chi connectivity index (χ1) is 16.5. The number of hydrogen-bond donors (Lipinski definition) is 0. The molecule has 0 fully saturated rings. The van der Waals surface area contributed by atoms with Gasteiger partial charge in [0.1, 0.15) is 8.07 Å². The molecule has 4 aromatic carbocycles. The lowest BCUT2D eigenvalue weighted by Crippen LogP contribution is -2.65. The molecular formula is C32H38Si2. The van der Waals surface area contributed by atoms with E-state index in [0.29, 0.717) is 5.92 Å². The molecule has 0 aliphatic rings. The Morgan fingerprint density at radius 1 is 0.529 bits per heavy atom. The van der Waals surface area contributed by atoms with Crippen molar-refractivity contribution in [2.24, 2.45) is 0 Å². The van der Waals surface area contributed by atoms with E-state index < -0.39 is 16.1 Å². The fourth-order valence-electron chi connectivity index (χ4n) is 5.54. The van der Waals surface area contributed by atoms with Gasteiger partial charge in [-0.1, -0.05) is 170 Å². The molecule has 0 spiro atoms. The maximum absolute atomic E-state index is 2.64. The highest BCUT2D eigenvalue weighted by atomic mass is 28.3. The third kappa shape index (κ3) is 4.89. The molecule has 0 aliphatic heterocycles. The van der Waals surface area contributed by atoms with Gasteiger partial charge in [-0.15, -0.1) is 0 Å². The highest BCUT2D eigenvalue weighted by molar-refractivity contribution is 7.06. The van der Waals surface area contributed by atoms with Crippen LogP contribution in [-0.2, 0) is 0 Å². The molecule has 0 bridgehead atoms. The van der Waals surface area contributed by atoms with Crippen molar-refractivity contribution in [3.63, 3.8) is 0 Å². The van der Waals surface area contributed by atoms with Crippen molar-refractivity contribution in [1.82, 2.24) is 0 Å². The Morgan fingerprint density at radius 2 is 0.971 bits per heavy atom. The molecule has 0 aromatic heterocycles. The standard InChI is InChI=1S/C32H38Si2/c1-5-33(3,26-30(27-18-10-7-11-19-27)28-20-12-8-13-21-28)31-24-16-17-25-32(31)34(4,6-2)29-22-14-9-15-23-29/h7-25,30H,5-6,26H2,1-4H3/t33-,34-/m1/s1. The monoisotopic (exact) mass is 478 g/mol. The smallest absolute Gasteiger partial charge is 0.0675 e. The topological polar surface area (TPSA) is 0 Å². The minimum atomic E-state index is -1.82. The minimum Gasteiger partial charge on any atom is -0.0675 e. The van der Waals surface area contributed by atoms with Crippen LogP contribution in [0, 0.1) is 0 Å². The molecule has 0 saturated heterocycles. The molecule has 0 amide bonds. The lowest BCUT2D eigenvalue weighted by Gasteiger charge is -2.38. The quantitative estimate of drug-likeness (QED) is 0.226. The third-order valence-electron chi connectivity index (χ3n) is 8.13. The molecule has 0 radical (unpaired) electrons. The second-order valence-electron chi connectivity index (χ2n) is 10.1. The fraction of sp³-hybridized carbons (Fsp3) is 0.250. The third-order valence-corrected chi connectivity index (χ3v) is 17.6. The van der Waals surface area contributed by atoms with Crippen LogP contribution in [0.3, 0.4) is 0 Å². The van der Waals surface area contributed by atoms with E-state index in [9.17, 15) is 0 Å². The molecule has 4 rings (SSSR count). The van der Waals surface area contributed by atoms with E-state index >= 15 is 0 Å². The summed E-state index contributed by atoms with van der Waals surface area (Å²) in [4.78, 5) is 0. The average molecular weight is 479 g/mol. The summed E-state index contributed by atoms with van der Waals surface area (Å²) in [7, 11) is -3.62.